The molecule has 0 saturated carbocycles. The minimum absolute atomic E-state index is 0. The average molecular weight is 336 g/mol. The third kappa shape index (κ3) is 5.28. The van der Waals surface area contributed by atoms with Gasteiger partial charge >= 0.3 is 23.0 Å². The van der Waals surface area contributed by atoms with Crippen LogP contribution in [0, 0.1) is 0 Å². The Labute approximate surface area is 140 Å². The molecule has 0 aliphatic carbocycles. The maximum Gasteiger partial charge on any atom is 2.00 e. The zero-order valence-corrected chi connectivity index (χ0v) is 13.2. The molecule has 0 amide bonds. The summed E-state index contributed by atoms with van der Waals surface area (Å²) in [6, 6.07) is 19.3. The molecule has 2 aromatic carbocycles. The van der Waals surface area contributed by atoms with Gasteiger partial charge in [-0.2, -0.15) is 30.3 Å². The third-order valence-electron chi connectivity index (χ3n) is 2.67. The van der Waals surface area contributed by atoms with Gasteiger partial charge < -0.3 is 4.74 Å². The Morgan fingerprint density at radius 2 is 1.86 bits per heavy atom. The van der Waals surface area contributed by atoms with Crippen molar-refractivity contribution in [1.29, 1.82) is 0 Å². The minimum atomic E-state index is -0.419. The number of esters is 1. The Hall–Kier alpha value is -2.23. The first-order valence-corrected chi connectivity index (χ1v) is 6.69. The van der Waals surface area contributed by atoms with E-state index in [2.05, 4.69) is 9.97 Å². The van der Waals surface area contributed by atoms with Crippen molar-refractivity contribution in [2.24, 2.45) is 0 Å². The van der Waals surface area contributed by atoms with Crippen molar-refractivity contribution in [3.05, 3.63) is 72.7 Å². The van der Waals surface area contributed by atoms with Crippen LogP contribution in [0.4, 0.5) is 0 Å². The molecule has 0 atom stereocenters. The van der Waals surface area contributed by atoms with E-state index in [0.29, 0.717) is 6.61 Å². The van der Waals surface area contributed by atoms with Gasteiger partial charge in [0.15, 0.2) is 0 Å². The molecule has 22 heavy (non-hydrogen) atoms. The van der Waals surface area contributed by atoms with Crippen LogP contribution in [0.25, 0.3) is 11.3 Å². The largest absolute Gasteiger partial charge is 2.00 e. The van der Waals surface area contributed by atoms with Crippen LogP contribution in [0.5, 0.6) is 0 Å². The molecule has 114 valence electrons. The van der Waals surface area contributed by atoms with Crippen LogP contribution in [0.2, 0.25) is 0 Å². The first-order valence-electron chi connectivity index (χ1n) is 6.69. The molecule has 0 aliphatic heterocycles. The molecule has 4 nitrogen and oxygen atoms in total. The predicted octanol–water partition coefficient (Wildman–Crippen LogP) is 3.44. The molecular weight excluding hydrogens is 320 g/mol. The summed E-state index contributed by atoms with van der Waals surface area (Å²) >= 11 is 0. The van der Waals surface area contributed by atoms with Crippen LogP contribution in [0.3, 0.4) is 0 Å². The number of hydrogen-bond acceptors (Lipinski definition) is 4. The number of aromatic nitrogens is 2. The Kier molecular flexibility index (Phi) is 7.82. The van der Waals surface area contributed by atoms with Gasteiger partial charge in [-0.3, -0.25) is 4.98 Å². The van der Waals surface area contributed by atoms with E-state index >= 15 is 0 Å². The molecule has 3 rings (SSSR count). The second-order valence-electron chi connectivity index (χ2n) is 4.14. The molecule has 0 N–H and O–H groups in total. The second-order valence-corrected chi connectivity index (χ2v) is 4.14. The molecule has 0 bridgehead atoms. The summed E-state index contributed by atoms with van der Waals surface area (Å²) in [6.45, 7) is 2.10. The van der Waals surface area contributed by atoms with Gasteiger partial charge in [0.1, 0.15) is 12.0 Å². The quantitative estimate of drug-likeness (QED) is 0.418. The van der Waals surface area contributed by atoms with Gasteiger partial charge in [-0.15, -0.1) is 12.1 Å². The van der Waals surface area contributed by atoms with E-state index < -0.39 is 5.97 Å². The van der Waals surface area contributed by atoms with E-state index in [9.17, 15) is 4.79 Å². The van der Waals surface area contributed by atoms with Crippen molar-refractivity contribution in [2.75, 3.05) is 6.61 Å². The molecule has 1 heterocycles. The number of rotatable bonds is 3. The number of nitrogens with zero attached hydrogens (tertiary/aromatic N) is 2. The Bertz CT molecular complexity index is 632. The van der Waals surface area contributed by atoms with E-state index in [0.717, 1.165) is 11.3 Å². The number of carbonyl (C=O) groups excluding carboxylic acids is 1. The molecule has 0 saturated heterocycles. The molecular formula is C17H16FeN2O2. The van der Waals surface area contributed by atoms with Gasteiger partial charge in [-0.05, 0) is 12.6 Å². The van der Waals surface area contributed by atoms with E-state index in [1.165, 1.54) is 6.33 Å². The average Bonchev–Trinajstić information content (AvgIpc) is 3.23. The summed E-state index contributed by atoms with van der Waals surface area (Å²) < 4.78 is 4.87. The van der Waals surface area contributed by atoms with Gasteiger partial charge in [0.25, 0.3) is 0 Å². The van der Waals surface area contributed by atoms with Gasteiger partial charge in [-0.25, -0.2) is 21.9 Å². The van der Waals surface area contributed by atoms with Crippen molar-refractivity contribution in [3.8, 4) is 11.3 Å². The van der Waals surface area contributed by atoms with Crippen molar-refractivity contribution in [3.63, 3.8) is 0 Å². The first kappa shape index (κ1) is 17.8. The fourth-order valence-corrected chi connectivity index (χ4v) is 1.70. The Morgan fingerprint density at radius 1 is 1.18 bits per heavy atom. The molecule has 0 fully saturated rings. The number of hydrogen-bond donors (Lipinski definition) is 0. The van der Waals surface area contributed by atoms with E-state index in [1.807, 2.05) is 54.6 Å². The number of ether oxygens (including phenoxy) is 1. The van der Waals surface area contributed by atoms with Crippen molar-refractivity contribution >= 4 is 5.97 Å². The summed E-state index contributed by atoms with van der Waals surface area (Å²) in [6.07, 6.45) is 1.37. The normalized spacial score (nSPS) is 9.14. The SMILES string of the molecule is CCOC(=O)c1cc(-[c-]2cccc2)ncn1.[Fe+2].c1cc[cH-]c1. The summed E-state index contributed by atoms with van der Waals surface area (Å²) in [4.78, 5) is 19.4. The summed E-state index contributed by atoms with van der Waals surface area (Å²) in [5.74, 6) is -0.419. The van der Waals surface area contributed by atoms with E-state index in [-0.39, 0.29) is 22.8 Å². The van der Waals surface area contributed by atoms with Gasteiger partial charge in [0, 0.05) is 0 Å². The Morgan fingerprint density at radius 3 is 2.41 bits per heavy atom. The molecule has 0 radical (unpaired) electrons. The summed E-state index contributed by atoms with van der Waals surface area (Å²) in [7, 11) is 0. The molecule has 1 aromatic heterocycles. The smallest absolute Gasteiger partial charge is 0.462 e. The fraction of sp³-hybridized carbons (Fsp3) is 0.118. The van der Waals surface area contributed by atoms with Crippen LogP contribution in [-0.2, 0) is 21.8 Å². The van der Waals surface area contributed by atoms with E-state index in [1.54, 1.807) is 13.0 Å². The summed E-state index contributed by atoms with van der Waals surface area (Å²) in [5.41, 5.74) is 1.98. The standard InChI is InChI=1S/C12H11N2O2.C5H5.Fe/c1-2-16-12(15)11-7-10(13-8-14-11)9-5-3-4-6-9;1-2-4-5-3-1;/h3-8H,2H2,1H3;1-5H;/q2*-1;+2. The topological polar surface area (TPSA) is 52.1 Å². The van der Waals surface area contributed by atoms with Crippen LogP contribution < -0.4 is 0 Å². The zero-order valence-electron chi connectivity index (χ0n) is 12.1. The van der Waals surface area contributed by atoms with Gasteiger partial charge in [-0.1, -0.05) is 11.6 Å². The van der Waals surface area contributed by atoms with E-state index in [4.69, 9.17) is 4.74 Å². The fourth-order valence-electron chi connectivity index (χ4n) is 1.70. The second kappa shape index (κ2) is 9.66. The summed E-state index contributed by atoms with van der Waals surface area (Å²) in [5, 5.41) is 0. The minimum Gasteiger partial charge on any atom is -0.462 e. The monoisotopic (exact) mass is 336 g/mol. The van der Waals surface area contributed by atoms with Gasteiger partial charge in [0.05, 0.1) is 6.61 Å². The maximum absolute atomic E-state index is 11.5. The molecule has 0 unspecified atom stereocenters. The molecule has 0 aliphatic rings. The van der Waals surface area contributed by atoms with Crippen molar-refractivity contribution in [1.82, 2.24) is 9.97 Å². The van der Waals surface area contributed by atoms with Crippen molar-refractivity contribution < 1.29 is 26.6 Å². The van der Waals surface area contributed by atoms with Crippen LogP contribution in [-0.4, -0.2) is 22.5 Å². The molecule has 0 spiro atoms. The van der Waals surface area contributed by atoms with Gasteiger partial charge in [0.2, 0.25) is 0 Å². The molecule has 5 heteroatoms. The zero-order chi connectivity index (χ0) is 14.9. The maximum atomic E-state index is 11.5. The number of carbonyl (C=O) groups is 1. The van der Waals surface area contributed by atoms with Crippen molar-refractivity contribution in [2.45, 2.75) is 6.92 Å². The first-order chi connectivity index (χ1) is 10.3. The molecule has 3 aromatic rings. The van der Waals surface area contributed by atoms with Crippen LogP contribution in [0.1, 0.15) is 17.4 Å². The van der Waals surface area contributed by atoms with Crippen LogP contribution >= 0.6 is 0 Å². The predicted molar refractivity (Wildman–Crippen MR) is 81.1 cm³/mol. The third-order valence-corrected chi connectivity index (χ3v) is 2.67. The van der Waals surface area contributed by atoms with Crippen LogP contribution in [0.15, 0.2) is 67.0 Å². The Balaban J connectivity index is 0.000000344.